The van der Waals surface area contributed by atoms with E-state index in [0.717, 1.165) is 6.29 Å². The molecule has 0 aliphatic rings. The van der Waals surface area contributed by atoms with Gasteiger partial charge in [-0.15, -0.1) is 0 Å². The lowest BCUT2D eigenvalue weighted by Crippen LogP contribution is -2.15. The number of hydrogen-bond donors (Lipinski definition) is 1. The van der Waals surface area contributed by atoms with Crippen molar-refractivity contribution in [1.29, 1.82) is 0 Å². The van der Waals surface area contributed by atoms with Gasteiger partial charge in [-0.2, -0.15) is 0 Å². The molecule has 0 aliphatic heterocycles. The van der Waals surface area contributed by atoms with Crippen LogP contribution in [0.2, 0.25) is 0 Å². The second kappa shape index (κ2) is 22.7. The average Bonchev–Trinajstić information content (AvgIpc) is 2.84. The van der Waals surface area contributed by atoms with E-state index in [-0.39, 0.29) is 13.2 Å². The van der Waals surface area contributed by atoms with Crippen LogP contribution in [0.4, 0.5) is 0 Å². The Morgan fingerprint density at radius 2 is 0.941 bits per heavy atom. The predicted octanol–water partition coefficient (Wildman–Crippen LogP) is 1.08. The van der Waals surface area contributed by atoms with Gasteiger partial charge in [0.05, 0.1) is 85.9 Å². The van der Waals surface area contributed by atoms with Gasteiger partial charge in [0.25, 0.3) is 0 Å². The molecule has 0 spiro atoms. The first-order valence-corrected chi connectivity index (χ1v) is 11.2. The van der Waals surface area contributed by atoms with E-state index in [1.165, 1.54) is 0 Å². The Morgan fingerprint density at radius 1 is 0.588 bits per heavy atom. The molecule has 11 heteroatoms. The molecule has 0 radical (unpaired) electrons. The number of carboxylic acids is 1. The van der Waals surface area contributed by atoms with Gasteiger partial charge in [0.1, 0.15) is 25.2 Å². The summed E-state index contributed by atoms with van der Waals surface area (Å²) < 4.78 is 42.5. The highest BCUT2D eigenvalue weighted by molar-refractivity contribution is 5.74. The highest BCUT2D eigenvalue weighted by atomic mass is 16.6. The minimum absolute atomic E-state index is 0.241. The van der Waals surface area contributed by atoms with E-state index < -0.39 is 5.97 Å². The smallest absolute Gasteiger partial charge is 0.329 e. The monoisotopic (exact) mass is 488 g/mol. The summed E-state index contributed by atoms with van der Waals surface area (Å²) in [5, 5.41) is 8.39. The van der Waals surface area contributed by atoms with Crippen LogP contribution in [0.3, 0.4) is 0 Å². The molecule has 0 fully saturated rings. The molecular formula is C23H36O11. The highest BCUT2D eigenvalue weighted by Gasteiger charge is 1.97. The Kier molecular flexibility index (Phi) is 19.9. The first kappa shape index (κ1) is 29.9. The zero-order chi connectivity index (χ0) is 24.5. The lowest BCUT2D eigenvalue weighted by Gasteiger charge is -2.09. The van der Waals surface area contributed by atoms with E-state index in [0.29, 0.717) is 97.2 Å². The van der Waals surface area contributed by atoms with Crippen LogP contribution >= 0.6 is 0 Å². The maximum absolute atomic E-state index is 10.6. The zero-order valence-electron chi connectivity index (χ0n) is 19.5. The van der Waals surface area contributed by atoms with Crippen molar-refractivity contribution in [3.63, 3.8) is 0 Å². The van der Waals surface area contributed by atoms with Gasteiger partial charge in [-0.3, -0.25) is 4.79 Å². The second-order valence-electron chi connectivity index (χ2n) is 6.66. The summed E-state index contributed by atoms with van der Waals surface area (Å²) in [6.45, 7) is 5.76. The van der Waals surface area contributed by atoms with E-state index >= 15 is 0 Å². The van der Waals surface area contributed by atoms with Crippen LogP contribution in [0.5, 0.6) is 5.75 Å². The molecule has 0 atom stereocenters. The summed E-state index contributed by atoms with van der Waals surface area (Å²) in [5.74, 6) is -0.300. The summed E-state index contributed by atoms with van der Waals surface area (Å²) in [4.78, 5) is 20.8. The summed E-state index contributed by atoms with van der Waals surface area (Å²) in [6.07, 6.45) is 0.790. The molecule has 0 unspecified atom stereocenters. The number of carbonyl (C=O) groups is 2. The molecule has 0 aliphatic carbocycles. The van der Waals surface area contributed by atoms with Crippen LogP contribution in [0.25, 0.3) is 0 Å². The number of aliphatic carboxylic acids is 1. The fraction of sp³-hybridized carbons (Fsp3) is 0.652. The number of ether oxygens (including phenoxy) is 8. The number of benzene rings is 1. The fourth-order valence-corrected chi connectivity index (χ4v) is 2.34. The van der Waals surface area contributed by atoms with Crippen molar-refractivity contribution in [2.75, 3.05) is 99.1 Å². The summed E-state index contributed by atoms with van der Waals surface area (Å²) >= 11 is 0. The van der Waals surface area contributed by atoms with E-state index in [1.54, 1.807) is 24.3 Å². The van der Waals surface area contributed by atoms with Crippen LogP contribution in [-0.4, -0.2) is 116 Å². The van der Waals surface area contributed by atoms with Gasteiger partial charge < -0.3 is 43.0 Å². The molecule has 0 amide bonds. The van der Waals surface area contributed by atoms with E-state index in [9.17, 15) is 9.59 Å². The Hall–Kier alpha value is -2.12. The Balaban J connectivity index is 1.69. The fourth-order valence-electron chi connectivity index (χ4n) is 2.34. The molecule has 194 valence electrons. The molecular weight excluding hydrogens is 452 g/mol. The number of carboxylic acid groups (broad SMARTS) is 1. The molecule has 34 heavy (non-hydrogen) atoms. The molecule has 1 N–H and O–H groups in total. The maximum atomic E-state index is 10.6. The third-order valence-electron chi connectivity index (χ3n) is 3.97. The molecule has 0 aromatic heterocycles. The Labute approximate surface area is 200 Å². The Morgan fingerprint density at radius 3 is 1.29 bits per heavy atom. The normalized spacial score (nSPS) is 10.9. The van der Waals surface area contributed by atoms with Crippen LogP contribution in [-0.2, 0) is 38.0 Å². The van der Waals surface area contributed by atoms with Crippen molar-refractivity contribution in [3.05, 3.63) is 29.8 Å². The molecule has 11 nitrogen and oxygen atoms in total. The molecule has 1 aromatic rings. The molecule has 0 saturated heterocycles. The second-order valence-corrected chi connectivity index (χ2v) is 6.66. The standard InChI is InChI=1S/C23H36O11/c24-19-21-1-3-22(4-2-21)34-18-17-32-14-13-30-10-9-28-6-5-27-7-8-29-11-12-31-15-16-33-20-23(25)26/h1-4,19H,5-18,20H2,(H,25,26). The quantitative estimate of drug-likeness (QED) is 0.157. The maximum Gasteiger partial charge on any atom is 0.329 e. The first-order chi connectivity index (χ1) is 16.7. The predicted molar refractivity (Wildman–Crippen MR) is 121 cm³/mol. The van der Waals surface area contributed by atoms with Crippen LogP contribution in [0.15, 0.2) is 24.3 Å². The van der Waals surface area contributed by atoms with Gasteiger partial charge in [-0.05, 0) is 24.3 Å². The zero-order valence-corrected chi connectivity index (χ0v) is 19.5. The van der Waals surface area contributed by atoms with Gasteiger partial charge >= 0.3 is 5.97 Å². The van der Waals surface area contributed by atoms with Crippen molar-refractivity contribution in [3.8, 4) is 5.75 Å². The van der Waals surface area contributed by atoms with Crippen LogP contribution in [0, 0.1) is 0 Å². The Bertz CT molecular complexity index is 609. The number of carbonyl (C=O) groups excluding carboxylic acids is 1. The van der Waals surface area contributed by atoms with E-state index in [1.807, 2.05) is 0 Å². The van der Waals surface area contributed by atoms with Crippen LogP contribution < -0.4 is 4.74 Å². The largest absolute Gasteiger partial charge is 0.491 e. The van der Waals surface area contributed by atoms with E-state index in [2.05, 4.69) is 0 Å². The molecule has 0 saturated carbocycles. The molecule has 1 aromatic carbocycles. The van der Waals surface area contributed by atoms with Gasteiger partial charge in [-0.1, -0.05) is 0 Å². The van der Waals surface area contributed by atoms with Gasteiger partial charge in [0.2, 0.25) is 0 Å². The summed E-state index contributed by atoms with van der Waals surface area (Å²) in [5.41, 5.74) is 0.613. The molecule has 0 heterocycles. The molecule has 1 rings (SSSR count). The van der Waals surface area contributed by atoms with Gasteiger partial charge in [-0.25, -0.2) is 4.79 Å². The van der Waals surface area contributed by atoms with Crippen molar-refractivity contribution in [1.82, 2.24) is 0 Å². The van der Waals surface area contributed by atoms with Crippen molar-refractivity contribution in [2.45, 2.75) is 0 Å². The lowest BCUT2D eigenvalue weighted by atomic mass is 10.2. The minimum atomic E-state index is -0.997. The third kappa shape index (κ3) is 19.4. The van der Waals surface area contributed by atoms with Gasteiger partial charge in [0.15, 0.2) is 0 Å². The van der Waals surface area contributed by atoms with Crippen molar-refractivity contribution < 1.29 is 52.6 Å². The van der Waals surface area contributed by atoms with E-state index in [4.69, 9.17) is 43.0 Å². The SMILES string of the molecule is O=Cc1ccc(OCCOCCOCCOCCOCCOCCOCCOCC(=O)O)cc1. The first-order valence-electron chi connectivity index (χ1n) is 11.2. The minimum Gasteiger partial charge on any atom is -0.491 e. The number of aldehydes is 1. The highest BCUT2D eigenvalue weighted by Crippen LogP contribution is 2.10. The van der Waals surface area contributed by atoms with Crippen molar-refractivity contribution >= 4 is 12.3 Å². The average molecular weight is 489 g/mol. The van der Waals surface area contributed by atoms with Crippen molar-refractivity contribution in [2.24, 2.45) is 0 Å². The lowest BCUT2D eigenvalue weighted by molar-refractivity contribution is -0.142. The topological polar surface area (TPSA) is 128 Å². The van der Waals surface area contributed by atoms with Crippen LogP contribution in [0.1, 0.15) is 10.4 Å². The third-order valence-corrected chi connectivity index (χ3v) is 3.97. The number of hydrogen-bond acceptors (Lipinski definition) is 10. The molecule has 0 bridgehead atoms. The summed E-state index contributed by atoms with van der Waals surface area (Å²) in [6, 6.07) is 6.90. The number of rotatable bonds is 25. The summed E-state index contributed by atoms with van der Waals surface area (Å²) in [7, 11) is 0. The van der Waals surface area contributed by atoms with Gasteiger partial charge in [0, 0.05) is 5.56 Å².